The molecule has 0 saturated carbocycles. The Morgan fingerprint density at radius 2 is 2.05 bits per heavy atom. The van der Waals surface area contributed by atoms with Crippen molar-refractivity contribution >= 4 is 11.0 Å². The molecule has 0 spiro atoms. The van der Waals surface area contributed by atoms with Crippen LogP contribution < -0.4 is 0 Å². The first kappa shape index (κ1) is 13.0. The van der Waals surface area contributed by atoms with E-state index in [1.807, 2.05) is 0 Å². The molecule has 0 radical (unpaired) electrons. The van der Waals surface area contributed by atoms with Crippen molar-refractivity contribution in [1.29, 1.82) is 0 Å². The smallest absolute Gasteiger partial charge is 0.155 e. The van der Waals surface area contributed by atoms with Crippen molar-refractivity contribution < 1.29 is 0 Å². The Kier molecular flexibility index (Phi) is 3.13. The Morgan fingerprint density at radius 1 is 1.25 bits per heavy atom. The summed E-state index contributed by atoms with van der Waals surface area (Å²) in [7, 11) is 2.08. The second-order valence-electron chi connectivity index (χ2n) is 5.71. The van der Waals surface area contributed by atoms with Crippen LogP contribution in [0.5, 0.6) is 0 Å². The molecule has 0 aliphatic heterocycles. The van der Waals surface area contributed by atoms with Gasteiger partial charge in [-0.05, 0) is 41.7 Å². The zero-order valence-corrected chi connectivity index (χ0v) is 12.6. The highest BCUT2D eigenvalue weighted by molar-refractivity contribution is 5.79. The fourth-order valence-corrected chi connectivity index (χ4v) is 2.54. The lowest BCUT2D eigenvalue weighted by Gasteiger charge is -1.97. The van der Waals surface area contributed by atoms with Crippen LogP contribution in [0.15, 0.2) is 30.5 Å². The van der Waals surface area contributed by atoms with E-state index in [-0.39, 0.29) is 0 Å². The topological polar surface area (TPSA) is 33.6 Å². The Labute approximate surface area is 119 Å². The number of aryl methyl sites for hydroxylation is 2. The number of imidazole rings is 1. The van der Waals surface area contributed by atoms with Gasteiger partial charge >= 0.3 is 0 Å². The first-order valence-corrected chi connectivity index (χ1v) is 7.23. The van der Waals surface area contributed by atoms with Gasteiger partial charge in [-0.3, -0.25) is 0 Å². The van der Waals surface area contributed by atoms with Crippen molar-refractivity contribution in [2.75, 3.05) is 0 Å². The number of nitrogens with zero attached hydrogens (tertiary/aromatic N) is 2. The molecule has 3 nitrogen and oxygen atoms in total. The summed E-state index contributed by atoms with van der Waals surface area (Å²) >= 11 is 0. The van der Waals surface area contributed by atoms with E-state index in [0.717, 1.165) is 29.0 Å². The third-order valence-corrected chi connectivity index (χ3v) is 3.89. The molecule has 2 heterocycles. The molecule has 104 valence electrons. The number of hydrogen-bond acceptors (Lipinski definition) is 1. The van der Waals surface area contributed by atoms with Gasteiger partial charge in [0.1, 0.15) is 0 Å². The molecular weight excluding hydrogens is 246 g/mol. The number of benzene rings is 1. The van der Waals surface area contributed by atoms with Crippen molar-refractivity contribution in [3.05, 3.63) is 41.6 Å². The van der Waals surface area contributed by atoms with Crippen LogP contribution in [0.3, 0.4) is 0 Å². The number of rotatable bonds is 3. The largest absolute Gasteiger partial charge is 0.348 e. The Balaban J connectivity index is 2.10. The number of aromatic amines is 1. The Hall–Kier alpha value is -2.03. The maximum Gasteiger partial charge on any atom is 0.155 e. The second-order valence-corrected chi connectivity index (χ2v) is 5.71. The maximum atomic E-state index is 4.72. The molecule has 0 aliphatic carbocycles. The molecular formula is C17H21N3. The van der Waals surface area contributed by atoms with Crippen molar-refractivity contribution in [3.63, 3.8) is 0 Å². The first-order chi connectivity index (χ1) is 9.58. The Bertz CT molecular complexity index is 747. The number of hydrogen-bond donors (Lipinski definition) is 1. The lowest BCUT2D eigenvalue weighted by molar-refractivity contribution is 0.850. The molecule has 1 aromatic carbocycles. The average Bonchev–Trinajstić information content (AvgIpc) is 3.00. The van der Waals surface area contributed by atoms with E-state index >= 15 is 0 Å². The molecule has 1 N–H and O–H groups in total. The van der Waals surface area contributed by atoms with Crippen LogP contribution in [0, 0.1) is 0 Å². The summed E-state index contributed by atoms with van der Waals surface area (Å²) < 4.78 is 2.15. The third kappa shape index (κ3) is 2.13. The molecule has 0 amide bonds. The van der Waals surface area contributed by atoms with Crippen molar-refractivity contribution in [1.82, 2.24) is 14.5 Å². The second kappa shape index (κ2) is 4.82. The van der Waals surface area contributed by atoms with E-state index in [9.17, 15) is 0 Å². The standard InChI is InChI=1S/C17H21N3/c1-5-12-6-7-14-15(8-12)19-17(18-14)16-9-13(11(2)3)10-20(16)4/h6-11H,5H2,1-4H3,(H,18,19). The van der Waals surface area contributed by atoms with Gasteiger partial charge in [-0.1, -0.05) is 26.8 Å². The molecule has 3 heteroatoms. The highest BCUT2D eigenvalue weighted by atomic mass is 15.0. The minimum Gasteiger partial charge on any atom is -0.348 e. The summed E-state index contributed by atoms with van der Waals surface area (Å²) in [6.07, 6.45) is 3.23. The van der Waals surface area contributed by atoms with E-state index < -0.39 is 0 Å². The SMILES string of the molecule is CCc1ccc2nc(-c3cc(C(C)C)cn3C)[nH]c2c1. The van der Waals surface area contributed by atoms with Crippen molar-refractivity contribution in [3.8, 4) is 11.5 Å². The third-order valence-electron chi connectivity index (χ3n) is 3.89. The molecule has 2 aromatic heterocycles. The van der Waals surface area contributed by atoms with Crippen molar-refractivity contribution in [2.45, 2.75) is 33.1 Å². The molecule has 0 fully saturated rings. The fourth-order valence-electron chi connectivity index (χ4n) is 2.54. The van der Waals surface area contributed by atoms with E-state index in [4.69, 9.17) is 4.98 Å². The van der Waals surface area contributed by atoms with Crippen LogP contribution in [0.1, 0.15) is 37.8 Å². The van der Waals surface area contributed by atoms with Crippen LogP contribution in [-0.2, 0) is 13.5 Å². The molecule has 3 aromatic rings. The van der Waals surface area contributed by atoms with Crippen LogP contribution in [0.25, 0.3) is 22.6 Å². The van der Waals surface area contributed by atoms with E-state index in [0.29, 0.717) is 5.92 Å². The molecule has 0 saturated heterocycles. The average molecular weight is 267 g/mol. The van der Waals surface area contributed by atoms with Gasteiger partial charge < -0.3 is 9.55 Å². The summed E-state index contributed by atoms with van der Waals surface area (Å²) in [6.45, 7) is 6.60. The summed E-state index contributed by atoms with van der Waals surface area (Å²) in [5.41, 5.74) is 5.97. The van der Waals surface area contributed by atoms with Crippen LogP contribution in [0.2, 0.25) is 0 Å². The summed E-state index contributed by atoms with van der Waals surface area (Å²) in [6, 6.07) is 8.67. The summed E-state index contributed by atoms with van der Waals surface area (Å²) in [5.74, 6) is 1.48. The zero-order chi connectivity index (χ0) is 14.3. The number of fused-ring (bicyclic) bond motifs is 1. The number of nitrogens with one attached hydrogen (secondary N) is 1. The zero-order valence-electron chi connectivity index (χ0n) is 12.6. The van der Waals surface area contributed by atoms with E-state index in [1.54, 1.807) is 0 Å². The molecule has 3 rings (SSSR count). The number of aromatic nitrogens is 3. The van der Waals surface area contributed by atoms with Gasteiger partial charge in [-0.2, -0.15) is 0 Å². The highest BCUT2D eigenvalue weighted by Gasteiger charge is 2.12. The van der Waals surface area contributed by atoms with Crippen LogP contribution >= 0.6 is 0 Å². The lowest BCUT2D eigenvalue weighted by Crippen LogP contribution is -1.90. The highest BCUT2D eigenvalue weighted by Crippen LogP contribution is 2.26. The lowest BCUT2D eigenvalue weighted by atomic mass is 10.1. The fraction of sp³-hybridized carbons (Fsp3) is 0.353. The number of H-pyrrole nitrogens is 1. The minimum absolute atomic E-state index is 0.533. The molecule has 0 atom stereocenters. The normalized spacial score (nSPS) is 11.7. The minimum atomic E-state index is 0.533. The molecule has 20 heavy (non-hydrogen) atoms. The maximum absolute atomic E-state index is 4.72. The van der Waals surface area contributed by atoms with Gasteiger partial charge in [0.25, 0.3) is 0 Å². The van der Waals surface area contributed by atoms with Gasteiger partial charge in [-0.25, -0.2) is 4.98 Å². The Morgan fingerprint density at radius 3 is 2.70 bits per heavy atom. The molecule has 0 bridgehead atoms. The van der Waals surface area contributed by atoms with Gasteiger partial charge in [0.15, 0.2) is 5.82 Å². The van der Waals surface area contributed by atoms with Crippen molar-refractivity contribution in [2.24, 2.45) is 7.05 Å². The summed E-state index contributed by atoms with van der Waals surface area (Å²) in [4.78, 5) is 8.16. The van der Waals surface area contributed by atoms with E-state index in [1.165, 1.54) is 11.1 Å². The van der Waals surface area contributed by atoms with Gasteiger partial charge in [0.05, 0.1) is 16.7 Å². The molecule has 0 unspecified atom stereocenters. The van der Waals surface area contributed by atoms with Crippen LogP contribution in [-0.4, -0.2) is 14.5 Å². The first-order valence-electron chi connectivity index (χ1n) is 7.23. The monoisotopic (exact) mass is 267 g/mol. The van der Waals surface area contributed by atoms with Gasteiger partial charge in [0.2, 0.25) is 0 Å². The predicted octanol–water partition coefficient (Wildman–Crippen LogP) is 4.25. The van der Waals surface area contributed by atoms with Gasteiger partial charge in [0, 0.05) is 13.2 Å². The van der Waals surface area contributed by atoms with Gasteiger partial charge in [-0.15, -0.1) is 0 Å². The quantitative estimate of drug-likeness (QED) is 0.756. The summed E-state index contributed by atoms with van der Waals surface area (Å²) in [5, 5.41) is 0. The van der Waals surface area contributed by atoms with Crippen LogP contribution in [0.4, 0.5) is 0 Å². The van der Waals surface area contributed by atoms with E-state index in [2.05, 4.69) is 67.8 Å². The predicted molar refractivity (Wildman–Crippen MR) is 84.0 cm³/mol. The molecule has 0 aliphatic rings.